The standard InChI is InChI=1S/C63H46O2/c64-61-51(35-43-19-7-1-8-20-43)37-53(41-57(61)47-27-15-5-16-28-47)63(54-38-52(36-44-21-9-2-10-22-44)62(65)58(42-54)48-29-17-6-18-30-48)59-39-49(45-23-11-3-12-24-45)31-33-55(59)56-34-32-50(40-60(56)63)46-25-13-4-14-26-46/h1-34,37-42,64-65H,35-36H2. The first kappa shape index (κ1) is 39.6. The summed E-state index contributed by atoms with van der Waals surface area (Å²) < 4.78 is 0. The normalized spacial score (nSPS) is 12.4. The van der Waals surface area contributed by atoms with Crippen LogP contribution < -0.4 is 0 Å². The maximum Gasteiger partial charge on any atom is 0.126 e. The van der Waals surface area contributed by atoms with E-state index < -0.39 is 5.41 Å². The van der Waals surface area contributed by atoms with Gasteiger partial charge in [0.1, 0.15) is 11.5 Å². The monoisotopic (exact) mass is 834 g/mol. The van der Waals surface area contributed by atoms with Gasteiger partial charge >= 0.3 is 0 Å². The van der Waals surface area contributed by atoms with Crippen LogP contribution in [0.5, 0.6) is 11.5 Å². The molecule has 310 valence electrons. The molecule has 0 radical (unpaired) electrons. The minimum atomic E-state index is -0.939. The van der Waals surface area contributed by atoms with Crippen molar-refractivity contribution in [3.8, 4) is 67.1 Å². The molecule has 1 aliphatic carbocycles. The third-order valence-electron chi connectivity index (χ3n) is 13.2. The third-order valence-corrected chi connectivity index (χ3v) is 13.2. The summed E-state index contributed by atoms with van der Waals surface area (Å²) in [6.45, 7) is 0. The molecule has 0 unspecified atom stereocenters. The highest BCUT2D eigenvalue weighted by Gasteiger charge is 2.48. The van der Waals surface area contributed by atoms with E-state index in [1.54, 1.807) is 0 Å². The van der Waals surface area contributed by atoms with E-state index in [1.165, 1.54) is 0 Å². The average Bonchev–Trinajstić information content (AvgIpc) is 3.66. The Hall–Kier alpha value is -8.20. The number of hydrogen-bond acceptors (Lipinski definition) is 2. The molecule has 0 aliphatic heterocycles. The molecule has 0 saturated carbocycles. The van der Waals surface area contributed by atoms with Crippen molar-refractivity contribution in [3.05, 3.63) is 287 Å². The first-order valence-electron chi connectivity index (χ1n) is 22.4. The zero-order valence-electron chi connectivity index (χ0n) is 35.9. The Kier molecular flexibility index (Phi) is 10.3. The van der Waals surface area contributed by atoms with Crippen LogP contribution in [0.15, 0.2) is 243 Å². The van der Waals surface area contributed by atoms with Crippen molar-refractivity contribution in [2.45, 2.75) is 18.3 Å². The van der Waals surface area contributed by atoms with Gasteiger partial charge < -0.3 is 10.2 Å². The van der Waals surface area contributed by atoms with E-state index in [2.05, 4.69) is 194 Å². The maximum absolute atomic E-state index is 12.5. The van der Waals surface area contributed by atoms with Crippen LogP contribution in [0.3, 0.4) is 0 Å². The first-order valence-corrected chi connectivity index (χ1v) is 22.4. The van der Waals surface area contributed by atoms with Crippen molar-refractivity contribution in [3.63, 3.8) is 0 Å². The van der Waals surface area contributed by atoms with Crippen molar-refractivity contribution in [2.24, 2.45) is 0 Å². The minimum absolute atomic E-state index is 0.272. The SMILES string of the molecule is Oc1c(Cc2ccccc2)cc(C2(c3cc(Cc4ccccc4)c(O)c(-c4ccccc4)c3)c3cc(-c4ccccc4)ccc3-c3ccc(-c4ccccc4)cc32)cc1-c1ccccc1. The molecule has 0 atom stereocenters. The second-order valence-corrected chi connectivity index (χ2v) is 17.1. The van der Waals surface area contributed by atoms with E-state index in [0.29, 0.717) is 12.8 Å². The lowest BCUT2D eigenvalue weighted by Gasteiger charge is -2.36. The van der Waals surface area contributed by atoms with E-state index in [4.69, 9.17) is 0 Å². The lowest BCUT2D eigenvalue weighted by Crippen LogP contribution is -2.29. The largest absolute Gasteiger partial charge is 0.507 e. The number of rotatable bonds is 10. The number of hydrogen-bond donors (Lipinski definition) is 2. The fourth-order valence-electron chi connectivity index (χ4n) is 10.1. The Morgan fingerprint density at radius 3 is 0.954 bits per heavy atom. The fourth-order valence-corrected chi connectivity index (χ4v) is 10.1. The summed E-state index contributed by atoms with van der Waals surface area (Å²) in [7, 11) is 0. The Labute approximate surface area is 381 Å². The van der Waals surface area contributed by atoms with E-state index in [0.717, 1.165) is 100 Å². The second kappa shape index (κ2) is 16.8. The van der Waals surface area contributed by atoms with Gasteiger partial charge in [-0.05, 0) is 113 Å². The Bertz CT molecular complexity index is 3060. The molecule has 65 heavy (non-hydrogen) atoms. The van der Waals surface area contributed by atoms with E-state index in [-0.39, 0.29) is 11.5 Å². The molecule has 2 heteroatoms. The molecule has 0 spiro atoms. The topological polar surface area (TPSA) is 40.5 Å². The second-order valence-electron chi connectivity index (χ2n) is 17.1. The summed E-state index contributed by atoms with van der Waals surface area (Å²) in [5.74, 6) is 0.544. The van der Waals surface area contributed by atoms with Crippen molar-refractivity contribution in [2.75, 3.05) is 0 Å². The zero-order chi connectivity index (χ0) is 43.7. The Morgan fingerprint density at radius 2 is 0.600 bits per heavy atom. The fraction of sp³-hybridized carbons (Fsp3) is 0.0476. The summed E-state index contributed by atoms with van der Waals surface area (Å²) in [6.07, 6.45) is 1.07. The van der Waals surface area contributed by atoms with Gasteiger partial charge in [-0.15, -0.1) is 0 Å². The molecular weight excluding hydrogens is 789 g/mol. The summed E-state index contributed by atoms with van der Waals surface area (Å²) in [5, 5.41) is 25.0. The molecule has 2 nitrogen and oxygen atoms in total. The summed E-state index contributed by atoms with van der Waals surface area (Å²) in [4.78, 5) is 0. The first-order chi connectivity index (χ1) is 32.0. The molecule has 2 N–H and O–H groups in total. The van der Waals surface area contributed by atoms with E-state index in [1.807, 2.05) is 48.5 Å². The van der Waals surface area contributed by atoms with Gasteiger partial charge in [0.25, 0.3) is 0 Å². The van der Waals surface area contributed by atoms with Gasteiger partial charge in [-0.2, -0.15) is 0 Å². The van der Waals surface area contributed by atoms with Gasteiger partial charge in [-0.25, -0.2) is 0 Å². The zero-order valence-corrected chi connectivity index (χ0v) is 35.9. The predicted octanol–water partition coefficient (Wildman–Crippen LogP) is 15.3. The molecule has 10 aromatic rings. The van der Waals surface area contributed by atoms with Crippen LogP contribution in [0.2, 0.25) is 0 Å². The van der Waals surface area contributed by atoms with Gasteiger partial charge in [0.2, 0.25) is 0 Å². The molecule has 1 aliphatic rings. The van der Waals surface area contributed by atoms with Crippen molar-refractivity contribution in [1.82, 2.24) is 0 Å². The number of fused-ring (bicyclic) bond motifs is 3. The van der Waals surface area contributed by atoms with Crippen LogP contribution in [0.1, 0.15) is 44.5 Å². The Balaban J connectivity index is 1.31. The van der Waals surface area contributed by atoms with E-state index >= 15 is 0 Å². The molecular formula is C63H46O2. The predicted molar refractivity (Wildman–Crippen MR) is 267 cm³/mol. The molecule has 11 rings (SSSR count). The molecule has 10 aromatic carbocycles. The van der Waals surface area contributed by atoms with Gasteiger partial charge in [0, 0.05) is 24.0 Å². The number of aromatic hydroxyl groups is 2. The van der Waals surface area contributed by atoms with Crippen LogP contribution in [0.4, 0.5) is 0 Å². The van der Waals surface area contributed by atoms with Gasteiger partial charge in [0.15, 0.2) is 0 Å². The molecule has 0 heterocycles. The van der Waals surface area contributed by atoms with Crippen LogP contribution in [-0.2, 0) is 18.3 Å². The van der Waals surface area contributed by atoms with Crippen LogP contribution in [0.25, 0.3) is 55.6 Å². The molecule has 0 amide bonds. The van der Waals surface area contributed by atoms with Crippen molar-refractivity contribution >= 4 is 0 Å². The van der Waals surface area contributed by atoms with Gasteiger partial charge in [0.05, 0.1) is 5.41 Å². The molecule has 0 fully saturated rings. The quantitative estimate of drug-likeness (QED) is 0.144. The molecule has 0 saturated heterocycles. The highest BCUT2D eigenvalue weighted by Crippen LogP contribution is 2.59. The minimum Gasteiger partial charge on any atom is -0.507 e. The van der Waals surface area contributed by atoms with Crippen LogP contribution >= 0.6 is 0 Å². The Morgan fingerprint density at radius 1 is 0.277 bits per heavy atom. The van der Waals surface area contributed by atoms with Crippen LogP contribution in [0, 0.1) is 0 Å². The van der Waals surface area contributed by atoms with E-state index in [9.17, 15) is 10.2 Å². The summed E-state index contributed by atoms with van der Waals surface area (Å²) >= 11 is 0. The average molecular weight is 835 g/mol. The number of benzene rings is 10. The highest BCUT2D eigenvalue weighted by atomic mass is 16.3. The number of phenols is 2. The summed E-state index contributed by atoms with van der Waals surface area (Å²) in [6, 6.07) is 85.4. The summed E-state index contributed by atoms with van der Waals surface area (Å²) in [5.41, 5.74) is 17.5. The smallest absolute Gasteiger partial charge is 0.126 e. The van der Waals surface area contributed by atoms with Crippen molar-refractivity contribution in [1.29, 1.82) is 0 Å². The van der Waals surface area contributed by atoms with Gasteiger partial charge in [-0.3, -0.25) is 0 Å². The highest BCUT2D eigenvalue weighted by molar-refractivity contribution is 5.92. The lowest BCUT2D eigenvalue weighted by atomic mass is 9.65. The molecule has 0 bridgehead atoms. The third kappa shape index (κ3) is 7.20. The maximum atomic E-state index is 12.5. The van der Waals surface area contributed by atoms with Gasteiger partial charge in [-0.1, -0.05) is 218 Å². The van der Waals surface area contributed by atoms with Crippen LogP contribution in [-0.4, -0.2) is 10.2 Å². The molecule has 0 aromatic heterocycles. The lowest BCUT2D eigenvalue weighted by molar-refractivity contribution is 0.470. The van der Waals surface area contributed by atoms with Crippen molar-refractivity contribution < 1.29 is 10.2 Å². The number of phenolic OH excluding ortho intramolecular Hbond substituents is 2.